The summed E-state index contributed by atoms with van der Waals surface area (Å²) in [6, 6.07) is 10.7. The van der Waals surface area contributed by atoms with Gasteiger partial charge in [0.2, 0.25) is 23.5 Å². The first-order valence-electron chi connectivity index (χ1n) is 21.0. The Morgan fingerprint density at radius 3 is 2.53 bits per heavy atom. The third-order valence-electron chi connectivity index (χ3n) is 13.2. The van der Waals surface area contributed by atoms with Gasteiger partial charge in [-0.25, -0.2) is 13.8 Å². The third-order valence-corrected chi connectivity index (χ3v) is 13.4. The molecule has 1 unspecified atom stereocenters. The molecule has 4 fully saturated rings. The van der Waals surface area contributed by atoms with E-state index >= 15 is 8.78 Å². The van der Waals surface area contributed by atoms with Crippen molar-refractivity contribution in [2.75, 3.05) is 54.9 Å². The smallest absolute Gasteiger partial charge is 0.301 e. The van der Waals surface area contributed by atoms with Gasteiger partial charge >= 0.3 is 5.92 Å². The molecule has 0 radical (unpaired) electrons. The summed E-state index contributed by atoms with van der Waals surface area (Å²) in [7, 11) is 1.92. The van der Waals surface area contributed by atoms with Gasteiger partial charge in [-0.1, -0.05) is 23.7 Å². The maximum Gasteiger partial charge on any atom is 0.301 e. The zero-order valence-electron chi connectivity index (χ0n) is 33.3. The Morgan fingerprint density at radius 1 is 0.967 bits per heavy atom. The predicted molar refractivity (Wildman–Crippen MR) is 225 cm³/mol. The Morgan fingerprint density at radius 2 is 1.77 bits per heavy atom. The van der Waals surface area contributed by atoms with Gasteiger partial charge < -0.3 is 30.2 Å². The number of anilines is 4. The lowest BCUT2D eigenvalue weighted by Crippen LogP contribution is -2.44. The maximum absolute atomic E-state index is 15.1. The molecule has 7 heterocycles. The molecule has 17 heteroatoms. The van der Waals surface area contributed by atoms with Crippen LogP contribution in [-0.4, -0.2) is 92.7 Å². The first-order chi connectivity index (χ1) is 29.0. The van der Waals surface area contributed by atoms with Crippen molar-refractivity contribution >= 4 is 68.4 Å². The van der Waals surface area contributed by atoms with Crippen molar-refractivity contribution < 1.29 is 23.1 Å². The molecule has 60 heavy (non-hydrogen) atoms. The van der Waals surface area contributed by atoms with Crippen LogP contribution in [0.3, 0.4) is 0 Å². The number of amides is 2. The number of benzene rings is 2. The zero-order chi connectivity index (χ0) is 41.3. The molecule has 10 rings (SSSR count). The van der Waals surface area contributed by atoms with Gasteiger partial charge in [0, 0.05) is 49.6 Å². The highest BCUT2D eigenvalue weighted by atomic mass is 35.5. The number of aromatic nitrogens is 5. The van der Waals surface area contributed by atoms with Crippen LogP contribution >= 0.6 is 11.6 Å². The molecule has 1 saturated carbocycles. The number of alkyl halides is 2. The first kappa shape index (κ1) is 38.8. The van der Waals surface area contributed by atoms with E-state index in [-0.39, 0.29) is 29.2 Å². The summed E-state index contributed by atoms with van der Waals surface area (Å²) in [6.07, 6.45) is 8.00. The van der Waals surface area contributed by atoms with Crippen LogP contribution < -0.4 is 31.1 Å². The molecule has 14 nitrogen and oxygen atoms in total. The lowest BCUT2D eigenvalue weighted by atomic mass is 9.87. The van der Waals surface area contributed by atoms with Gasteiger partial charge in [-0.2, -0.15) is 10.1 Å². The van der Waals surface area contributed by atoms with Gasteiger partial charge in [0.1, 0.15) is 5.02 Å². The number of nitrogens with one attached hydrogen (secondary N) is 4. The van der Waals surface area contributed by atoms with E-state index in [1.165, 1.54) is 5.56 Å². The van der Waals surface area contributed by atoms with E-state index in [1.54, 1.807) is 24.4 Å². The lowest BCUT2D eigenvalue weighted by Gasteiger charge is -2.38. The summed E-state index contributed by atoms with van der Waals surface area (Å²) < 4.78 is 37.4. The number of H-pyrrole nitrogens is 1. The van der Waals surface area contributed by atoms with Crippen LogP contribution in [0.5, 0.6) is 5.75 Å². The Bertz CT molecular complexity index is 2560. The van der Waals surface area contributed by atoms with E-state index in [0.29, 0.717) is 70.9 Å². The van der Waals surface area contributed by atoms with Crippen molar-refractivity contribution in [1.82, 2.24) is 34.9 Å². The second-order valence-electron chi connectivity index (χ2n) is 17.2. The van der Waals surface area contributed by atoms with Gasteiger partial charge in [-0.15, -0.1) is 0 Å². The van der Waals surface area contributed by atoms with Crippen LogP contribution in [0.25, 0.3) is 21.8 Å². The molecule has 5 aliphatic rings. The minimum Gasteiger partial charge on any atom is -0.480 e. The lowest BCUT2D eigenvalue weighted by molar-refractivity contribution is -0.134. The number of hydrogen-bond acceptors (Lipinski definition) is 11. The normalized spacial score (nSPS) is 22.9. The number of likely N-dealkylation sites (tertiary alicyclic amines) is 1. The van der Waals surface area contributed by atoms with Gasteiger partial charge in [-0.05, 0) is 106 Å². The Labute approximate surface area is 349 Å². The second-order valence-corrected chi connectivity index (χ2v) is 17.6. The molecule has 3 aromatic heterocycles. The number of aromatic amines is 1. The van der Waals surface area contributed by atoms with E-state index in [1.807, 2.05) is 11.7 Å². The van der Waals surface area contributed by atoms with E-state index in [2.05, 4.69) is 53.9 Å². The number of aryl methyl sites for hydroxylation is 1. The number of imide groups is 1. The van der Waals surface area contributed by atoms with Crippen LogP contribution in [0.2, 0.25) is 5.02 Å². The van der Waals surface area contributed by atoms with Crippen LogP contribution in [0.1, 0.15) is 74.5 Å². The van der Waals surface area contributed by atoms with Crippen LogP contribution in [0, 0.1) is 11.8 Å². The number of fused-ring (bicyclic) bond motifs is 4. The number of rotatable bonds is 8. The van der Waals surface area contributed by atoms with Crippen molar-refractivity contribution in [1.29, 1.82) is 0 Å². The minimum atomic E-state index is -3.13. The first-order valence-corrected chi connectivity index (χ1v) is 21.4. The molecule has 2 atom stereocenters. The molecule has 1 aliphatic carbocycles. The molecular weight excluding hydrogens is 794 g/mol. The summed E-state index contributed by atoms with van der Waals surface area (Å²) in [5, 5.41) is 15.3. The molecule has 2 amide bonds. The monoisotopic (exact) mass is 840 g/mol. The molecule has 2 aromatic carbocycles. The van der Waals surface area contributed by atoms with Gasteiger partial charge in [-0.3, -0.25) is 24.4 Å². The van der Waals surface area contributed by atoms with Gasteiger partial charge in [0.05, 0.1) is 40.6 Å². The van der Waals surface area contributed by atoms with Crippen molar-refractivity contribution in [3.8, 4) is 5.75 Å². The van der Waals surface area contributed by atoms with E-state index in [4.69, 9.17) is 26.4 Å². The Kier molecular flexibility index (Phi) is 9.89. The maximum atomic E-state index is 15.1. The number of carbonyl (C=O) groups is 2. The predicted octanol–water partition coefficient (Wildman–Crippen LogP) is 6.44. The highest BCUT2D eigenvalue weighted by molar-refractivity contribution is 6.33. The summed E-state index contributed by atoms with van der Waals surface area (Å²) in [5.41, 5.74) is 3.87. The topological polar surface area (TPSA) is 162 Å². The summed E-state index contributed by atoms with van der Waals surface area (Å²) in [4.78, 5) is 54.1. The summed E-state index contributed by atoms with van der Waals surface area (Å²) >= 11 is 6.60. The zero-order valence-corrected chi connectivity index (χ0v) is 34.0. The van der Waals surface area contributed by atoms with Gasteiger partial charge in [0.15, 0.2) is 12.4 Å². The van der Waals surface area contributed by atoms with Crippen LogP contribution in [0.15, 0.2) is 47.4 Å². The van der Waals surface area contributed by atoms with Crippen molar-refractivity contribution in [2.24, 2.45) is 18.9 Å². The fourth-order valence-electron chi connectivity index (χ4n) is 9.68. The Hall–Kier alpha value is -5.35. The molecule has 0 spiro atoms. The molecule has 4 N–H and O–H groups in total. The van der Waals surface area contributed by atoms with E-state index < -0.39 is 30.0 Å². The number of halogens is 3. The minimum absolute atomic E-state index is 0.138. The summed E-state index contributed by atoms with van der Waals surface area (Å²) in [6.45, 7) is 3.91. The molecule has 5 aromatic rings. The molecule has 0 bridgehead atoms. The van der Waals surface area contributed by atoms with E-state index in [0.717, 1.165) is 75.0 Å². The number of pyridine rings is 1. The highest BCUT2D eigenvalue weighted by Crippen LogP contribution is 2.46. The number of piperidine rings is 3. The average Bonchev–Trinajstić information content (AvgIpc) is 4.04. The van der Waals surface area contributed by atoms with E-state index in [9.17, 15) is 14.4 Å². The second kappa shape index (κ2) is 15.3. The highest BCUT2D eigenvalue weighted by Gasteiger charge is 2.51. The van der Waals surface area contributed by atoms with Crippen LogP contribution in [-0.2, 0) is 16.6 Å². The standard InChI is InChI=1S/C43H47ClF2N10O4/c1-54-33-18-26(4-6-28(33)35(53-54)29-7-9-34(57)50-40(29)58)24-12-14-55(15-13-24)21-23-10-16-56(17-11-23)42-47-20-31(44)39(52-42)48-27-5-8-32-30(19-27)36-37(41(59)49-32)60-22-43(45,46)38(51-36)25-2-3-25/h4-6,8,18-20,23-25,29,38,51H,2-3,7,9-17,21-22H2,1H3,(H,49,59)(H,47,48,52)(H,50,57,58)/t29?,38-/m0/s1. The number of carbonyl (C=O) groups excluding carboxylic acids is 2. The van der Waals surface area contributed by atoms with Gasteiger partial charge in [0.25, 0.3) is 5.56 Å². The number of ether oxygens (including phenoxy) is 1. The Balaban J connectivity index is 0.755. The fourth-order valence-corrected chi connectivity index (χ4v) is 9.82. The molecule has 4 aliphatic heterocycles. The molecular formula is C43H47ClF2N10O4. The van der Waals surface area contributed by atoms with Crippen molar-refractivity contribution in [2.45, 2.75) is 75.2 Å². The van der Waals surface area contributed by atoms with Crippen molar-refractivity contribution in [3.05, 3.63) is 69.2 Å². The third kappa shape index (κ3) is 7.41. The SMILES string of the molecule is Cn1nc(C2CCC(=O)NC2=O)c2ccc(C3CCN(CC4CCN(c5ncc(Cl)c(Nc6ccc7[nH]c(=O)c8c(c7c6)N[C@@H](C6CC6)C(F)(F)CO8)n5)CC4)CC3)cc21. The number of hydrogen-bond donors (Lipinski definition) is 4. The average molecular weight is 841 g/mol. The fraction of sp³-hybridized carbons (Fsp3) is 0.488. The van der Waals surface area contributed by atoms with Crippen LogP contribution in [0.4, 0.5) is 31.9 Å². The van der Waals surface area contributed by atoms with Crippen molar-refractivity contribution in [3.63, 3.8) is 0 Å². The quantitative estimate of drug-likeness (QED) is 0.127. The molecule has 3 saturated heterocycles. The number of nitrogens with zero attached hydrogens (tertiary/aromatic N) is 6. The largest absolute Gasteiger partial charge is 0.480 e. The molecule has 314 valence electrons. The summed E-state index contributed by atoms with van der Waals surface area (Å²) in [5.74, 6) is -2.31.